The molecule has 1 fully saturated rings. The van der Waals surface area contributed by atoms with Crippen molar-refractivity contribution in [2.75, 3.05) is 31.6 Å². The summed E-state index contributed by atoms with van der Waals surface area (Å²) in [6.45, 7) is 0.530. The second-order valence-corrected chi connectivity index (χ2v) is 7.16. The van der Waals surface area contributed by atoms with Gasteiger partial charge in [0.15, 0.2) is 5.82 Å². The minimum Gasteiger partial charge on any atom is -0.468 e. The molecular formula is C20H20F3N5O3. The minimum atomic E-state index is -0.725. The summed E-state index contributed by atoms with van der Waals surface area (Å²) in [7, 11) is 0. The Morgan fingerprint density at radius 2 is 1.94 bits per heavy atom. The van der Waals surface area contributed by atoms with E-state index in [1.807, 2.05) is 0 Å². The van der Waals surface area contributed by atoms with E-state index in [-0.39, 0.29) is 32.1 Å². The molecule has 164 valence electrons. The molecular weight excluding hydrogens is 415 g/mol. The second kappa shape index (κ2) is 8.80. The number of aromatic nitrogens is 1. The Bertz CT molecular complexity index is 980. The number of anilines is 1. The summed E-state index contributed by atoms with van der Waals surface area (Å²) < 4.78 is 46.7. The summed E-state index contributed by atoms with van der Waals surface area (Å²) in [5.74, 6) is -1.94. The van der Waals surface area contributed by atoms with Crippen LogP contribution in [0.15, 0.2) is 35.4 Å². The maximum Gasteiger partial charge on any atom is 0.341 e. The monoisotopic (exact) mass is 435 g/mol. The lowest BCUT2D eigenvalue weighted by Crippen LogP contribution is -2.59. The summed E-state index contributed by atoms with van der Waals surface area (Å²) in [6, 6.07) is 4.71. The van der Waals surface area contributed by atoms with Crippen LogP contribution in [-0.4, -0.2) is 64.6 Å². The number of pyridine rings is 1. The Balaban J connectivity index is 1.36. The van der Waals surface area contributed by atoms with Crippen LogP contribution in [0.3, 0.4) is 0 Å². The number of nitrogens with one attached hydrogen (secondary N) is 1. The smallest absolute Gasteiger partial charge is 0.341 e. The van der Waals surface area contributed by atoms with Crippen molar-refractivity contribution in [1.82, 2.24) is 14.9 Å². The number of rotatable bonds is 6. The van der Waals surface area contributed by atoms with Gasteiger partial charge in [0, 0.05) is 25.2 Å². The first-order valence-electron chi connectivity index (χ1n) is 9.69. The van der Waals surface area contributed by atoms with Crippen molar-refractivity contribution in [3.05, 3.63) is 53.3 Å². The number of hydrogen-bond donors (Lipinski definition) is 2. The molecule has 4 rings (SSSR count). The zero-order valence-electron chi connectivity index (χ0n) is 16.3. The Morgan fingerprint density at radius 3 is 2.65 bits per heavy atom. The molecule has 3 heterocycles. The fourth-order valence-electron chi connectivity index (χ4n) is 3.40. The van der Waals surface area contributed by atoms with Crippen LogP contribution in [0.4, 0.5) is 23.8 Å². The van der Waals surface area contributed by atoms with Gasteiger partial charge in [0.05, 0.1) is 25.7 Å². The van der Waals surface area contributed by atoms with Crippen molar-refractivity contribution in [3.63, 3.8) is 0 Å². The van der Waals surface area contributed by atoms with Crippen molar-refractivity contribution < 1.29 is 27.8 Å². The van der Waals surface area contributed by atoms with Crippen LogP contribution < -0.4 is 10.1 Å². The van der Waals surface area contributed by atoms with Crippen molar-refractivity contribution in [1.29, 1.82) is 0 Å². The van der Waals surface area contributed by atoms with Crippen molar-refractivity contribution >= 4 is 18.1 Å². The van der Waals surface area contributed by atoms with Crippen molar-refractivity contribution in [3.8, 4) is 5.88 Å². The SMILES string of the molecule is O=C(N1CC(Oc2nc(NCCO)ccc2F)C1)N1N=CC[C@H]1c1cc(F)cc(F)c1. The number of amides is 2. The zero-order valence-corrected chi connectivity index (χ0v) is 16.3. The number of carbonyl (C=O) groups is 1. The van der Waals surface area contributed by atoms with Gasteiger partial charge in [-0.25, -0.2) is 23.0 Å². The van der Waals surface area contributed by atoms with E-state index in [4.69, 9.17) is 9.84 Å². The molecule has 8 nitrogen and oxygen atoms in total. The quantitative estimate of drug-likeness (QED) is 0.728. The maximum atomic E-state index is 14.0. The molecule has 1 saturated heterocycles. The van der Waals surface area contributed by atoms with E-state index in [2.05, 4.69) is 15.4 Å². The topological polar surface area (TPSA) is 90.3 Å². The van der Waals surface area contributed by atoms with Gasteiger partial charge in [-0.05, 0) is 29.8 Å². The van der Waals surface area contributed by atoms with Gasteiger partial charge in [-0.15, -0.1) is 0 Å². The van der Waals surface area contributed by atoms with E-state index < -0.39 is 35.6 Å². The lowest BCUT2D eigenvalue weighted by atomic mass is 10.0. The molecule has 0 bridgehead atoms. The van der Waals surface area contributed by atoms with E-state index in [0.717, 1.165) is 6.07 Å². The number of aliphatic hydroxyl groups is 1. The molecule has 1 atom stereocenters. The largest absolute Gasteiger partial charge is 0.468 e. The van der Waals surface area contributed by atoms with Gasteiger partial charge in [-0.2, -0.15) is 10.1 Å². The molecule has 1 aromatic heterocycles. The number of hydrogen-bond acceptors (Lipinski definition) is 6. The number of halogens is 3. The normalized spacial score (nSPS) is 18.3. The first kappa shape index (κ1) is 20.9. The van der Waals surface area contributed by atoms with Crippen LogP contribution in [0, 0.1) is 17.5 Å². The van der Waals surface area contributed by atoms with Crippen LogP contribution in [0.1, 0.15) is 18.0 Å². The predicted molar refractivity (Wildman–Crippen MR) is 105 cm³/mol. The molecule has 2 aliphatic rings. The fourth-order valence-corrected chi connectivity index (χ4v) is 3.40. The number of aliphatic hydroxyl groups excluding tert-OH is 1. The van der Waals surface area contributed by atoms with E-state index in [9.17, 15) is 18.0 Å². The molecule has 0 saturated carbocycles. The molecule has 0 spiro atoms. The molecule has 31 heavy (non-hydrogen) atoms. The molecule has 0 radical (unpaired) electrons. The third kappa shape index (κ3) is 4.55. The lowest BCUT2D eigenvalue weighted by molar-refractivity contribution is 0.0231. The average Bonchev–Trinajstić information content (AvgIpc) is 3.19. The van der Waals surface area contributed by atoms with Gasteiger partial charge in [-0.3, -0.25) is 0 Å². The van der Waals surface area contributed by atoms with Crippen molar-refractivity contribution in [2.24, 2.45) is 5.10 Å². The van der Waals surface area contributed by atoms with Crippen LogP contribution in [0.2, 0.25) is 0 Å². The summed E-state index contributed by atoms with van der Waals surface area (Å²) >= 11 is 0. The summed E-state index contributed by atoms with van der Waals surface area (Å²) in [4.78, 5) is 18.3. The lowest BCUT2D eigenvalue weighted by Gasteiger charge is -2.40. The first-order chi connectivity index (χ1) is 14.9. The molecule has 0 unspecified atom stereocenters. The van der Waals surface area contributed by atoms with Crippen molar-refractivity contribution in [2.45, 2.75) is 18.6 Å². The van der Waals surface area contributed by atoms with E-state index in [1.54, 1.807) is 0 Å². The summed E-state index contributed by atoms with van der Waals surface area (Å²) in [6.07, 6.45) is 1.39. The Morgan fingerprint density at radius 1 is 1.19 bits per heavy atom. The molecule has 2 aromatic rings. The highest BCUT2D eigenvalue weighted by Gasteiger charge is 2.39. The van der Waals surface area contributed by atoms with Crippen LogP contribution in [0.5, 0.6) is 5.88 Å². The number of carbonyl (C=O) groups excluding carboxylic acids is 1. The number of ether oxygens (including phenoxy) is 1. The molecule has 2 N–H and O–H groups in total. The highest BCUT2D eigenvalue weighted by atomic mass is 19.1. The Hall–Kier alpha value is -3.34. The van der Waals surface area contributed by atoms with Gasteiger partial charge in [0.25, 0.3) is 5.88 Å². The molecule has 2 amide bonds. The molecule has 11 heteroatoms. The van der Waals surface area contributed by atoms with Crippen LogP contribution in [0.25, 0.3) is 0 Å². The van der Waals surface area contributed by atoms with E-state index >= 15 is 0 Å². The third-order valence-corrected chi connectivity index (χ3v) is 4.92. The number of urea groups is 1. The van der Waals surface area contributed by atoms with Gasteiger partial charge in [0.2, 0.25) is 0 Å². The molecule has 2 aliphatic heterocycles. The molecule has 0 aliphatic carbocycles. The minimum absolute atomic E-state index is 0.100. The standard InChI is InChI=1S/C20H20F3N5O3/c21-13-7-12(8-14(22)9-13)17-3-4-25-28(17)20(30)27-10-15(11-27)31-19-16(23)1-2-18(26-19)24-5-6-29/h1-2,4,7-9,15,17,29H,3,5-6,10-11H2,(H,24,26)/t17-/m0/s1. The van der Waals surface area contributed by atoms with Gasteiger partial charge < -0.3 is 20.1 Å². The number of benzene rings is 1. The summed E-state index contributed by atoms with van der Waals surface area (Å²) in [5, 5.41) is 16.9. The number of nitrogens with zero attached hydrogens (tertiary/aromatic N) is 4. The van der Waals surface area contributed by atoms with Crippen LogP contribution >= 0.6 is 0 Å². The average molecular weight is 435 g/mol. The predicted octanol–water partition coefficient (Wildman–Crippen LogP) is 2.52. The second-order valence-electron chi connectivity index (χ2n) is 7.16. The first-order valence-corrected chi connectivity index (χ1v) is 9.69. The van der Waals surface area contributed by atoms with E-state index in [0.29, 0.717) is 17.8 Å². The number of hydrazone groups is 1. The van der Waals surface area contributed by atoms with E-state index in [1.165, 1.54) is 40.4 Å². The van der Waals surface area contributed by atoms with Gasteiger partial charge >= 0.3 is 6.03 Å². The summed E-state index contributed by atoms with van der Waals surface area (Å²) in [5.41, 5.74) is 0.315. The fraction of sp³-hybridized carbons (Fsp3) is 0.350. The van der Waals surface area contributed by atoms with Gasteiger partial charge in [0.1, 0.15) is 23.6 Å². The Labute approximate surface area is 175 Å². The van der Waals surface area contributed by atoms with Gasteiger partial charge in [-0.1, -0.05) is 0 Å². The highest BCUT2D eigenvalue weighted by Crippen LogP contribution is 2.31. The number of likely N-dealkylation sites (tertiary alicyclic amines) is 1. The third-order valence-electron chi connectivity index (χ3n) is 4.92. The highest BCUT2D eigenvalue weighted by molar-refractivity contribution is 5.79. The Kier molecular flexibility index (Phi) is 5.94. The van der Waals surface area contributed by atoms with Crippen LogP contribution in [-0.2, 0) is 0 Å². The zero-order chi connectivity index (χ0) is 22.0. The maximum absolute atomic E-state index is 14.0. The molecule has 1 aromatic carbocycles.